The van der Waals surface area contributed by atoms with Gasteiger partial charge in [0.05, 0.1) is 17.5 Å². The number of hydrogen-bond acceptors (Lipinski definition) is 4. The molecule has 1 aromatic rings. The molecular formula is C12H15ClF3N3O2. The fourth-order valence-corrected chi connectivity index (χ4v) is 2.34. The molecule has 1 saturated heterocycles. The molecule has 2 rings (SSSR count). The summed E-state index contributed by atoms with van der Waals surface area (Å²) in [7, 11) is 0. The van der Waals surface area contributed by atoms with Gasteiger partial charge in [-0.2, -0.15) is 18.3 Å². The first-order chi connectivity index (χ1) is 9.70. The molecule has 1 aliphatic heterocycles. The van der Waals surface area contributed by atoms with Gasteiger partial charge < -0.3 is 10.1 Å². The first-order valence-corrected chi connectivity index (χ1v) is 6.78. The largest absolute Gasteiger partial charge is 0.408 e. The minimum Gasteiger partial charge on any atom is -0.379 e. The summed E-state index contributed by atoms with van der Waals surface area (Å²) in [5.74, 6) is 0. The lowest BCUT2D eigenvalue weighted by Crippen LogP contribution is -2.34. The van der Waals surface area contributed by atoms with E-state index in [0.29, 0.717) is 17.8 Å². The van der Waals surface area contributed by atoms with Crippen LogP contribution in [0, 0.1) is 0 Å². The van der Waals surface area contributed by atoms with E-state index in [4.69, 9.17) is 16.3 Å². The highest BCUT2D eigenvalue weighted by molar-refractivity contribution is 6.32. The van der Waals surface area contributed by atoms with E-state index in [-0.39, 0.29) is 16.3 Å². The molecule has 5 nitrogen and oxygen atoms in total. The van der Waals surface area contributed by atoms with E-state index >= 15 is 0 Å². The summed E-state index contributed by atoms with van der Waals surface area (Å²) >= 11 is 5.81. The van der Waals surface area contributed by atoms with Crippen molar-refractivity contribution in [2.24, 2.45) is 0 Å². The van der Waals surface area contributed by atoms with E-state index in [1.807, 2.05) is 6.92 Å². The third-order valence-electron chi connectivity index (χ3n) is 3.27. The first-order valence-electron chi connectivity index (χ1n) is 6.40. The maximum Gasteiger partial charge on any atom is 0.408 e. The molecule has 0 bridgehead atoms. The number of nitrogens with zero attached hydrogens (tertiary/aromatic N) is 2. The Hall–Kier alpha value is -1.28. The topological polar surface area (TPSA) is 56.2 Å². The van der Waals surface area contributed by atoms with Gasteiger partial charge in [0.25, 0.3) is 5.56 Å². The van der Waals surface area contributed by atoms with Gasteiger partial charge in [0, 0.05) is 13.2 Å². The lowest BCUT2D eigenvalue weighted by molar-refractivity contribution is -0.143. The molecule has 0 amide bonds. The second-order valence-corrected chi connectivity index (χ2v) is 5.58. The number of rotatable bonds is 4. The van der Waals surface area contributed by atoms with E-state index in [2.05, 4.69) is 10.4 Å². The second kappa shape index (κ2) is 5.84. The van der Waals surface area contributed by atoms with Crippen LogP contribution in [0.15, 0.2) is 11.0 Å². The van der Waals surface area contributed by atoms with Crippen LogP contribution in [0.25, 0.3) is 0 Å². The summed E-state index contributed by atoms with van der Waals surface area (Å²) in [6.07, 6.45) is -1.61. The van der Waals surface area contributed by atoms with Crippen LogP contribution in [0.1, 0.15) is 19.8 Å². The van der Waals surface area contributed by atoms with Gasteiger partial charge >= 0.3 is 6.18 Å². The van der Waals surface area contributed by atoms with Gasteiger partial charge in [-0.15, -0.1) is 0 Å². The summed E-state index contributed by atoms with van der Waals surface area (Å²) in [6.45, 7) is 1.51. The first kappa shape index (κ1) is 16.1. The maximum atomic E-state index is 12.3. The van der Waals surface area contributed by atoms with Crippen LogP contribution < -0.4 is 10.9 Å². The molecule has 0 saturated carbocycles. The minimum atomic E-state index is -4.53. The number of anilines is 1. The maximum absolute atomic E-state index is 12.3. The quantitative estimate of drug-likeness (QED) is 0.924. The lowest BCUT2D eigenvalue weighted by atomic mass is 10.0. The van der Waals surface area contributed by atoms with E-state index in [0.717, 1.165) is 19.0 Å². The summed E-state index contributed by atoms with van der Waals surface area (Å²) < 4.78 is 42.7. The fraction of sp³-hybridized carbons (Fsp3) is 0.667. The normalized spacial score (nSPS) is 22.5. The molecule has 0 radical (unpaired) electrons. The van der Waals surface area contributed by atoms with E-state index < -0.39 is 18.3 Å². The van der Waals surface area contributed by atoms with Crippen molar-refractivity contribution in [3.05, 3.63) is 21.6 Å². The van der Waals surface area contributed by atoms with Gasteiger partial charge in [-0.25, -0.2) is 4.68 Å². The van der Waals surface area contributed by atoms with Gasteiger partial charge in [0.1, 0.15) is 11.6 Å². The van der Waals surface area contributed by atoms with E-state index in [1.54, 1.807) is 0 Å². The summed E-state index contributed by atoms with van der Waals surface area (Å²) in [4.78, 5) is 11.7. The zero-order chi connectivity index (χ0) is 15.7. The molecular weight excluding hydrogens is 311 g/mol. The Morgan fingerprint density at radius 3 is 2.86 bits per heavy atom. The molecule has 0 spiro atoms. The molecule has 0 aromatic carbocycles. The standard InChI is InChI=1S/C12H15ClF3N3O2/c1-11(3-2-4-21-11)6-17-8-5-18-19(7-12(14,15)16)10(20)9(8)13/h5,17H,2-4,6-7H2,1H3. The third kappa shape index (κ3) is 4.10. The zero-order valence-corrected chi connectivity index (χ0v) is 12.1. The number of hydrogen-bond donors (Lipinski definition) is 1. The van der Waals surface area contributed by atoms with Gasteiger partial charge in [0.2, 0.25) is 0 Å². The van der Waals surface area contributed by atoms with Crippen molar-refractivity contribution in [1.29, 1.82) is 0 Å². The molecule has 1 aromatic heterocycles. The van der Waals surface area contributed by atoms with E-state index in [1.165, 1.54) is 0 Å². The van der Waals surface area contributed by atoms with Crippen molar-refractivity contribution in [2.45, 2.75) is 38.1 Å². The van der Waals surface area contributed by atoms with Crippen LogP contribution >= 0.6 is 11.6 Å². The average Bonchev–Trinajstić information content (AvgIpc) is 2.80. The Bertz CT molecular complexity index is 568. The van der Waals surface area contributed by atoms with Crippen molar-refractivity contribution < 1.29 is 17.9 Å². The lowest BCUT2D eigenvalue weighted by Gasteiger charge is -2.24. The third-order valence-corrected chi connectivity index (χ3v) is 3.63. The molecule has 21 heavy (non-hydrogen) atoms. The van der Waals surface area contributed by atoms with Crippen LogP contribution in [0.5, 0.6) is 0 Å². The minimum absolute atomic E-state index is 0.205. The Morgan fingerprint density at radius 1 is 1.57 bits per heavy atom. The van der Waals surface area contributed by atoms with E-state index in [9.17, 15) is 18.0 Å². The number of aromatic nitrogens is 2. The molecule has 2 heterocycles. The molecule has 118 valence electrons. The van der Waals surface area contributed by atoms with Gasteiger partial charge in [-0.05, 0) is 19.8 Å². The Labute approximate surface area is 124 Å². The van der Waals surface area contributed by atoms with Gasteiger partial charge in [-0.1, -0.05) is 11.6 Å². The average molecular weight is 326 g/mol. The van der Waals surface area contributed by atoms with Crippen LogP contribution in [0.3, 0.4) is 0 Å². The summed E-state index contributed by atoms with van der Waals surface area (Å²) in [5.41, 5.74) is -1.14. The van der Waals surface area contributed by atoms with Crippen molar-refractivity contribution in [3.8, 4) is 0 Å². The highest BCUT2D eigenvalue weighted by Gasteiger charge is 2.31. The monoisotopic (exact) mass is 325 g/mol. The smallest absolute Gasteiger partial charge is 0.379 e. The SMILES string of the molecule is CC1(CNc2cnn(CC(F)(F)F)c(=O)c2Cl)CCCO1. The van der Waals surface area contributed by atoms with Crippen molar-refractivity contribution in [1.82, 2.24) is 9.78 Å². The molecule has 1 aliphatic rings. The molecule has 1 N–H and O–H groups in total. The predicted molar refractivity (Wildman–Crippen MR) is 71.6 cm³/mol. The van der Waals surface area contributed by atoms with Crippen LogP contribution in [0.2, 0.25) is 5.02 Å². The fourth-order valence-electron chi connectivity index (χ4n) is 2.13. The van der Waals surface area contributed by atoms with Gasteiger partial charge in [-0.3, -0.25) is 4.79 Å². The Balaban J connectivity index is 2.11. The molecule has 1 fully saturated rings. The second-order valence-electron chi connectivity index (χ2n) is 5.21. The van der Waals surface area contributed by atoms with Crippen LogP contribution in [-0.4, -0.2) is 34.7 Å². The Kier molecular flexibility index (Phi) is 4.48. The number of alkyl halides is 3. The van der Waals surface area contributed by atoms with Gasteiger partial charge in [0.15, 0.2) is 0 Å². The predicted octanol–water partition coefficient (Wildman–Crippen LogP) is 2.44. The van der Waals surface area contributed by atoms with Crippen molar-refractivity contribution >= 4 is 17.3 Å². The van der Waals surface area contributed by atoms with Crippen molar-refractivity contribution in [2.75, 3.05) is 18.5 Å². The number of halogens is 4. The molecule has 9 heteroatoms. The highest BCUT2D eigenvalue weighted by atomic mass is 35.5. The Morgan fingerprint density at radius 2 is 2.29 bits per heavy atom. The summed E-state index contributed by atoms with van der Waals surface area (Å²) in [6, 6.07) is 0. The molecule has 1 atom stereocenters. The summed E-state index contributed by atoms with van der Waals surface area (Å²) in [5, 5.41) is 6.09. The number of nitrogens with one attached hydrogen (secondary N) is 1. The molecule has 1 unspecified atom stereocenters. The highest BCUT2D eigenvalue weighted by Crippen LogP contribution is 2.26. The van der Waals surface area contributed by atoms with Crippen LogP contribution in [0.4, 0.5) is 18.9 Å². The zero-order valence-electron chi connectivity index (χ0n) is 11.3. The number of ether oxygens (including phenoxy) is 1. The van der Waals surface area contributed by atoms with Crippen molar-refractivity contribution in [3.63, 3.8) is 0 Å². The van der Waals surface area contributed by atoms with Crippen LogP contribution in [-0.2, 0) is 11.3 Å². The molecule has 0 aliphatic carbocycles.